The van der Waals surface area contributed by atoms with E-state index in [4.69, 9.17) is 5.73 Å². The molecule has 0 fully saturated rings. The summed E-state index contributed by atoms with van der Waals surface area (Å²) in [7, 11) is 0. The van der Waals surface area contributed by atoms with Gasteiger partial charge < -0.3 is 5.73 Å². The molecular weight excluding hydrogens is 164 g/mol. The third-order valence-corrected chi connectivity index (χ3v) is 1.94. The van der Waals surface area contributed by atoms with Crippen molar-refractivity contribution < 1.29 is 0 Å². The summed E-state index contributed by atoms with van der Waals surface area (Å²) in [5.74, 6) is 0.223. The molecule has 0 saturated heterocycles. The molecule has 4 nitrogen and oxygen atoms in total. The molecule has 0 aliphatic heterocycles. The standard InChI is InChI=1S/C9H10N4/c1-2-6-3-4-7-8(5-6)11-9(10)13-12-7/h3-5H,2H2,1H3,(H2,10,11,13). The Labute approximate surface area is 75.8 Å². The Morgan fingerprint density at radius 1 is 1.23 bits per heavy atom. The number of benzene rings is 1. The van der Waals surface area contributed by atoms with Gasteiger partial charge >= 0.3 is 0 Å². The number of fused-ring (bicyclic) bond motifs is 1. The first-order chi connectivity index (χ1) is 6.29. The molecule has 0 radical (unpaired) electrons. The Balaban J connectivity index is 2.68. The number of nitrogen functional groups attached to an aromatic ring is 1. The monoisotopic (exact) mass is 174 g/mol. The van der Waals surface area contributed by atoms with Crippen LogP contribution in [-0.2, 0) is 6.42 Å². The van der Waals surface area contributed by atoms with E-state index in [1.165, 1.54) is 5.56 Å². The van der Waals surface area contributed by atoms with Crippen molar-refractivity contribution in [3.05, 3.63) is 23.8 Å². The predicted molar refractivity (Wildman–Crippen MR) is 51.1 cm³/mol. The first-order valence-electron chi connectivity index (χ1n) is 4.18. The van der Waals surface area contributed by atoms with E-state index in [0.29, 0.717) is 0 Å². The second-order valence-electron chi connectivity index (χ2n) is 2.85. The molecule has 2 aromatic rings. The van der Waals surface area contributed by atoms with Crippen LogP contribution in [0, 0.1) is 0 Å². The van der Waals surface area contributed by atoms with Crippen molar-refractivity contribution in [3.8, 4) is 0 Å². The molecule has 2 N–H and O–H groups in total. The molecule has 0 spiro atoms. The number of aromatic nitrogens is 3. The van der Waals surface area contributed by atoms with Gasteiger partial charge in [0.2, 0.25) is 5.95 Å². The molecule has 0 aliphatic carbocycles. The third kappa shape index (κ3) is 1.42. The summed E-state index contributed by atoms with van der Waals surface area (Å²) >= 11 is 0. The van der Waals surface area contributed by atoms with Crippen molar-refractivity contribution in [3.63, 3.8) is 0 Å². The van der Waals surface area contributed by atoms with E-state index in [1.807, 2.05) is 18.2 Å². The second-order valence-corrected chi connectivity index (χ2v) is 2.85. The number of hydrogen-bond acceptors (Lipinski definition) is 4. The molecule has 0 aliphatic rings. The molecule has 2 rings (SSSR count). The van der Waals surface area contributed by atoms with E-state index in [0.717, 1.165) is 17.5 Å². The van der Waals surface area contributed by atoms with Crippen LogP contribution < -0.4 is 5.73 Å². The molecule has 13 heavy (non-hydrogen) atoms. The number of rotatable bonds is 1. The van der Waals surface area contributed by atoms with E-state index in [1.54, 1.807) is 0 Å². The van der Waals surface area contributed by atoms with Gasteiger partial charge in [-0.05, 0) is 24.1 Å². The van der Waals surface area contributed by atoms with Gasteiger partial charge in [0.05, 0.1) is 5.52 Å². The van der Waals surface area contributed by atoms with Gasteiger partial charge in [0.1, 0.15) is 5.52 Å². The zero-order valence-corrected chi connectivity index (χ0v) is 7.36. The molecular formula is C9H10N4. The lowest BCUT2D eigenvalue weighted by Crippen LogP contribution is -1.97. The minimum Gasteiger partial charge on any atom is -0.366 e. The average molecular weight is 174 g/mol. The molecule has 0 unspecified atom stereocenters. The molecule has 1 aromatic heterocycles. The van der Waals surface area contributed by atoms with E-state index in [9.17, 15) is 0 Å². The number of hydrogen-bond donors (Lipinski definition) is 1. The lowest BCUT2D eigenvalue weighted by molar-refractivity contribution is 1.03. The maximum Gasteiger partial charge on any atom is 0.240 e. The highest BCUT2D eigenvalue weighted by atomic mass is 15.2. The van der Waals surface area contributed by atoms with Gasteiger partial charge in [-0.3, -0.25) is 0 Å². The summed E-state index contributed by atoms with van der Waals surface area (Å²) in [4.78, 5) is 4.09. The van der Waals surface area contributed by atoms with Crippen molar-refractivity contribution in [2.24, 2.45) is 0 Å². The lowest BCUT2D eigenvalue weighted by atomic mass is 10.1. The van der Waals surface area contributed by atoms with E-state index in [-0.39, 0.29) is 5.95 Å². The highest BCUT2D eigenvalue weighted by Crippen LogP contribution is 2.11. The fourth-order valence-corrected chi connectivity index (χ4v) is 1.21. The summed E-state index contributed by atoms with van der Waals surface area (Å²) in [5.41, 5.74) is 8.26. The van der Waals surface area contributed by atoms with E-state index >= 15 is 0 Å². The Morgan fingerprint density at radius 2 is 2.08 bits per heavy atom. The van der Waals surface area contributed by atoms with Crippen LogP contribution in [0.5, 0.6) is 0 Å². The largest absolute Gasteiger partial charge is 0.366 e. The minimum atomic E-state index is 0.223. The van der Waals surface area contributed by atoms with Crippen LogP contribution in [0.25, 0.3) is 11.0 Å². The first kappa shape index (κ1) is 7.91. The molecule has 1 heterocycles. The normalized spacial score (nSPS) is 10.5. The van der Waals surface area contributed by atoms with Gasteiger partial charge in [0.25, 0.3) is 0 Å². The molecule has 4 heteroatoms. The van der Waals surface area contributed by atoms with E-state index in [2.05, 4.69) is 22.1 Å². The summed E-state index contributed by atoms with van der Waals surface area (Å²) in [6.45, 7) is 2.10. The van der Waals surface area contributed by atoms with Crippen LogP contribution in [0.1, 0.15) is 12.5 Å². The number of aryl methyl sites for hydroxylation is 1. The zero-order chi connectivity index (χ0) is 9.26. The first-order valence-corrected chi connectivity index (χ1v) is 4.18. The van der Waals surface area contributed by atoms with Gasteiger partial charge in [-0.15, -0.1) is 10.2 Å². The van der Waals surface area contributed by atoms with Crippen LogP contribution in [0.15, 0.2) is 18.2 Å². The molecule has 66 valence electrons. The third-order valence-electron chi connectivity index (χ3n) is 1.94. The quantitative estimate of drug-likeness (QED) is 0.704. The van der Waals surface area contributed by atoms with Crippen LogP contribution in [-0.4, -0.2) is 15.2 Å². The van der Waals surface area contributed by atoms with Crippen LogP contribution in [0.4, 0.5) is 5.95 Å². The highest BCUT2D eigenvalue weighted by Gasteiger charge is 1.98. The highest BCUT2D eigenvalue weighted by molar-refractivity contribution is 5.74. The average Bonchev–Trinajstić information content (AvgIpc) is 2.16. The van der Waals surface area contributed by atoms with Gasteiger partial charge in [0, 0.05) is 0 Å². The SMILES string of the molecule is CCc1ccc2nnc(N)nc2c1. The van der Waals surface area contributed by atoms with Gasteiger partial charge in [-0.1, -0.05) is 13.0 Å². The Morgan fingerprint density at radius 3 is 2.85 bits per heavy atom. The van der Waals surface area contributed by atoms with Gasteiger partial charge in [-0.2, -0.15) is 0 Å². The van der Waals surface area contributed by atoms with Crippen molar-refractivity contribution >= 4 is 17.0 Å². The molecule has 1 aromatic carbocycles. The molecule has 0 bridgehead atoms. The number of nitrogens with zero attached hydrogens (tertiary/aromatic N) is 3. The summed E-state index contributed by atoms with van der Waals surface area (Å²) in [5, 5.41) is 7.60. The predicted octanol–water partition coefficient (Wildman–Crippen LogP) is 1.17. The smallest absolute Gasteiger partial charge is 0.240 e. The van der Waals surface area contributed by atoms with Crippen LogP contribution in [0.2, 0.25) is 0 Å². The zero-order valence-electron chi connectivity index (χ0n) is 7.36. The fraction of sp³-hybridized carbons (Fsp3) is 0.222. The Hall–Kier alpha value is -1.71. The molecule has 0 amide bonds. The topological polar surface area (TPSA) is 64.7 Å². The second kappa shape index (κ2) is 2.97. The summed E-state index contributed by atoms with van der Waals surface area (Å²) in [6, 6.07) is 5.92. The molecule has 0 saturated carbocycles. The van der Waals surface area contributed by atoms with Crippen molar-refractivity contribution in [1.82, 2.24) is 15.2 Å². The fourth-order valence-electron chi connectivity index (χ4n) is 1.21. The minimum absolute atomic E-state index is 0.223. The Kier molecular flexibility index (Phi) is 1.81. The van der Waals surface area contributed by atoms with Crippen LogP contribution in [0.3, 0.4) is 0 Å². The summed E-state index contributed by atoms with van der Waals surface area (Å²) in [6.07, 6.45) is 0.986. The molecule has 0 atom stereocenters. The maximum atomic E-state index is 5.43. The van der Waals surface area contributed by atoms with Crippen molar-refractivity contribution in [1.29, 1.82) is 0 Å². The van der Waals surface area contributed by atoms with Gasteiger partial charge in [0.15, 0.2) is 0 Å². The lowest BCUT2D eigenvalue weighted by Gasteiger charge is -1.99. The van der Waals surface area contributed by atoms with Gasteiger partial charge in [-0.25, -0.2) is 4.98 Å². The summed E-state index contributed by atoms with van der Waals surface area (Å²) < 4.78 is 0. The maximum absolute atomic E-state index is 5.43. The van der Waals surface area contributed by atoms with E-state index < -0.39 is 0 Å². The number of nitrogens with two attached hydrogens (primary N) is 1. The Bertz CT molecular complexity index is 439. The van der Waals surface area contributed by atoms with Crippen LogP contribution >= 0.6 is 0 Å². The van der Waals surface area contributed by atoms with Crippen molar-refractivity contribution in [2.75, 3.05) is 5.73 Å². The number of anilines is 1. The van der Waals surface area contributed by atoms with Crippen molar-refractivity contribution in [2.45, 2.75) is 13.3 Å².